The van der Waals surface area contributed by atoms with Crippen LogP contribution < -0.4 is 15.4 Å². The lowest BCUT2D eigenvalue weighted by Gasteiger charge is -2.33. The molecule has 0 amide bonds. The number of nitriles is 1. The number of hydrogen-bond donors (Lipinski definition) is 1. The first-order valence-corrected chi connectivity index (χ1v) is 12.0. The van der Waals surface area contributed by atoms with Crippen molar-refractivity contribution >= 4 is 22.4 Å². The summed E-state index contributed by atoms with van der Waals surface area (Å²) in [6.45, 7) is 1.68. The number of benzene rings is 3. The lowest BCUT2D eigenvalue weighted by atomic mass is 9.92. The molecule has 0 aliphatic carbocycles. The fourth-order valence-electron chi connectivity index (χ4n) is 5.09. The molecule has 5 rings (SSSR count). The Balaban J connectivity index is 1.61. The first-order chi connectivity index (χ1) is 17.5. The first-order valence-electron chi connectivity index (χ1n) is 12.0. The summed E-state index contributed by atoms with van der Waals surface area (Å²) in [5.74, 6) is -0.0987. The van der Waals surface area contributed by atoms with Gasteiger partial charge in [0.1, 0.15) is 11.9 Å². The molecule has 0 bridgehead atoms. The van der Waals surface area contributed by atoms with E-state index < -0.39 is 5.82 Å². The number of para-hydroxylation sites is 1. The van der Waals surface area contributed by atoms with E-state index >= 15 is 0 Å². The Labute approximate surface area is 209 Å². The molecule has 1 aromatic heterocycles. The molecule has 0 spiro atoms. The molecule has 1 aliphatic heterocycles. The van der Waals surface area contributed by atoms with E-state index in [9.17, 15) is 14.4 Å². The van der Waals surface area contributed by atoms with Crippen molar-refractivity contribution in [2.75, 3.05) is 31.6 Å². The average Bonchev–Trinajstić information content (AvgIpc) is 3.31. The van der Waals surface area contributed by atoms with Crippen LogP contribution in [0.25, 0.3) is 27.8 Å². The number of methoxy groups -OCH3 is 1. The number of hydrogen-bond acceptors (Lipinski definition) is 5. The third-order valence-electron chi connectivity index (χ3n) is 7.01. The van der Waals surface area contributed by atoms with Gasteiger partial charge < -0.3 is 19.9 Å². The van der Waals surface area contributed by atoms with Crippen LogP contribution in [0.5, 0.6) is 5.75 Å². The fourth-order valence-corrected chi connectivity index (χ4v) is 5.09. The highest BCUT2D eigenvalue weighted by Gasteiger charge is 2.25. The summed E-state index contributed by atoms with van der Waals surface area (Å²) in [6.07, 6.45) is 1.59. The Morgan fingerprint density at radius 2 is 1.89 bits per heavy atom. The second-order valence-corrected chi connectivity index (χ2v) is 9.02. The normalized spacial score (nSPS) is 14.1. The van der Waals surface area contributed by atoms with Crippen LogP contribution in [0.3, 0.4) is 0 Å². The smallest absolute Gasteiger partial charge is 0.165 e. The van der Waals surface area contributed by atoms with E-state index in [2.05, 4.69) is 23.1 Å². The number of rotatable bonds is 6. The third-order valence-corrected chi connectivity index (χ3v) is 7.01. The Morgan fingerprint density at radius 3 is 2.58 bits per heavy atom. The number of carbonyl (C=O) groups excluding carboxylic acids is 1. The molecular formula is C29H27FN4O2. The second-order valence-electron chi connectivity index (χ2n) is 9.02. The van der Waals surface area contributed by atoms with E-state index in [0.29, 0.717) is 11.1 Å². The number of Topliss-reactive ketones (excluding diaryl/α,β-unsaturated/α-hetero) is 1. The van der Waals surface area contributed by atoms with Crippen LogP contribution in [-0.4, -0.2) is 37.1 Å². The fraction of sp³-hybridized carbons (Fsp3) is 0.241. The third kappa shape index (κ3) is 4.21. The van der Waals surface area contributed by atoms with Crippen LogP contribution >= 0.6 is 0 Å². The van der Waals surface area contributed by atoms with Gasteiger partial charge in [-0.25, -0.2) is 4.39 Å². The molecule has 1 fully saturated rings. The number of piperidine rings is 1. The lowest BCUT2D eigenvalue weighted by Crippen LogP contribution is -2.38. The Kier molecular flexibility index (Phi) is 6.45. The number of nitrogens with zero attached hydrogens (tertiary/aromatic N) is 3. The summed E-state index contributed by atoms with van der Waals surface area (Å²) in [7, 11) is 1.44. The van der Waals surface area contributed by atoms with Gasteiger partial charge in [0.05, 0.1) is 36.1 Å². The maximum Gasteiger partial charge on any atom is 0.165 e. The average molecular weight is 483 g/mol. The van der Waals surface area contributed by atoms with E-state index in [4.69, 9.17) is 10.5 Å². The van der Waals surface area contributed by atoms with Crippen molar-refractivity contribution < 1.29 is 13.9 Å². The van der Waals surface area contributed by atoms with Gasteiger partial charge in [-0.05, 0) is 67.4 Å². The predicted molar refractivity (Wildman–Crippen MR) is 139 cm³/mol. The maximum atomic E-state index is 14.7. The summed E-state index contributed by atoms with van der Waals surface area (Å²) in [6, 6.07) is 22.8. The molecule has 0 unspecified atom stereocenters. The molecule has 1 aliphatic rings. The zero-order valence-electron chi connectivity index (χ0n) is 20.1. The number of ether oxygens (including phenoxy) is 1. The predicted octanol–water partition coefficient (Wildman–Crippen LogP) is 5.06. The number of carbonyl (C=O) groups is 1. The van der Waals surface area contributed by atoms with E-state index in [1.807, 2.05) is 41.0 Å². The highest BCUT2D eigenvalue weighted by atomic mass is 19.1. The topological polar surface area (TPSA) is 84.3 Å². The molecule has 6 nitrogen and oxygen atoms in total. The van der Waals surface area contributed by atoms with Gasteiger partial charge >= 0.3 is 0 Å². The highest BCUT2D eigenvalue weighted by Crippen LogP contribution is 2.36. The van der Waals surface area contributed by atoms with Crippen molar-refractivity contribution in [2.45, 2.75) is 12.8 Å². The van der Waals surface area contributed by atoms with Crippen molar-refractivity contribution in [3.8, 4) is 28.8 Å². The molecule has 0 radical (unpaired) electrons. The molecular weight excluding hydrogens is 455 g/mol. The van der Waals surface area contributed by atoms with Crippen molar-refractivity contribution in [3.05, 3.63) is 78.1 Å². The van der Waals surface area contributed by atoms with Gasteiger partial charge in [-0.2, -0.15) is 5.26 Å². The molecule has 0 saturated carbocycles. The van der Waals surface area contributed by atoms with Crippen LogP contribution in [0.2, 0.25) is 0 Å². The van der Waals surface area contributed by atoms with E-state index in [1.165, 1.54) is 13.2 Å². The second kappa shape index (κ2) is 9.84. The van der Waals surface area contributed by atoms with Crippen LogP contribution in [0, 0.1) is 23.1 Å². The Hall–Kier alpha value is -4.15. The number of halogens is 1. The van der Waals surface area contributed by atoms with Gasteiger partial charge in [0, 0.05) is 35.6 Å². The van der Waals surface area contributed by atoms with Crippen LogP contribution in [-0.2, 0) is 4.79 Å². The van der Waals surface area contributed by atoms with E-state index in [0.717, 1.165) is 53.9 Å². The molecule has 7 heteroatoms. The highest BCUT2D eigenvalue weighted by molar-refractivity contribution is 5.92. The van der Waals surface area contributed by atoms with Crippen LogP contribution in [0.4, 0.5) is 10.1 Å². The van der Waals surface area contributed by atoms with Crippen LogP contribution in [0.1, 0.15) is 18.4 Å². The standard InChI is InChI=1S/C29H27FN4O2/c1-36-29-9-6-20(15-24(29)30)27-16-22-14-23(33-12-10-19(11-13-33)28(35)18-32)7-8-26(22)34(27)25-5-3-2-4-21(25)17-31/h2-9,14-16,19H,10-13,18,32H2,1H3. The van der Waals surface area contributed by atoms with Crippen LogP contribution in [0.15, 0.2) is 66.7 Å². The number of fused-ring (bicyclic) bond motifs is 1. The van der Waals surface area contributed by atoms with E-state index in [-0.39, 0.29) is 24.0 Å². The zero-order valence-corrected chi connectivity index (χ0v) is 20.1. The van der Waals surface area contributed by atoms with Gasteiger partial charge in [0.25, 0.3) is 0 Å². The summed E-state index contributed by atoms with van der Waals surface area (Å²) in [5.41, 5.74) is 10.3. The molecule has 182 valence electrons. The van der Waals surface area contributed by atoms with Gasteiger partial charge in [0.2, 0.25) is 0 Å². The quantitative estimate of drug-likeness (QED) is 0.415. The van der Waals surface area contributed by atoms with Crippen molar-refractivity contribution in [3.63, 3.8) is 0 Å². The van der Waals surface area contributed by atoms with E-state index in [1.54, 1.807) is 12.1 Å². The van der Waals surface area contributed by atoms with Crippen molar-refractivity contribution in [1.29, 1.82) is 5.26 Å². The molecule has 1 saturated heterocycles. The summed E-state index contributed by atoms with van der Waals surface area (Å²) < 4.78 is 21.8. The lowest BCUT2D eigenvalue weighted by molar-refractivity contribution is -0.122. The minimum atomic E-state index is -0.448. The molecule has 2 N–H and O–H groups in total. The molecule has 2 heterocycles. The minimum absolute atomic E-state index is 0.0371. The van der Waals surface area contributed by atoms with Gasteiger partial charge in [-0.3, -0.25) is 4.79 Å². The molecule has 4 aromatic rings. The molecule has 36 heavy (non-hydrogen) atoms. The number of nitrogens with two attached hydrogens (primary N) is 1. The largest absolute Gasteiger partial charge is 0.494 e. The van der Waals surface area contributed by atoms with Gasteiger partial charge in [-0.1, -0.05) is 12.1 Å². The Morgan fingerprint density at radius 1 is 1.11 bits per heavy atom. The first kappa shape index (κ1) is 23.6. The maximum absolute atomic E-state index is 14.7. The molecule has 0 atom stereocenters. The monoisotopic (exact) mass is 482 g/mol. The van der Waals surface area contributed by atoms with Crippen molar-refractivity contribution in [2.24, 2.45) is 11.7 Å². The molecule has 3 aromatic carbocycles. The zero-order chi connectivity index (χ0) is 25.2. The SMILES string of the molecule is COc1ccc(-c2cc3cc(N4CCC(C(=O)CN)CC4)ccc3n2-c2ccccc2C#N)cc1F. The number of aromatic nitrogens is 1. The Bertz CT molecular complexity index is 1480. The van der Waals surface area contributed by atoms with Crippen molar-refractivity contribution in [1.82, 2.24) is 4.57 Å². The minimum Gasteiger partial charge on any atom is -0.494 e. The van der Waals surface area contributed by atoms with Gasteiger partial charge in [0.15, 0.2) is 11.6 Å². The summed E-state index contributed by atoms with van der Waals surface area (Å²) in [5, 5.41) is 10.8. The van der Waals surface area contributed by atoms with Gasteiger partial charge in [-0.15, -0.1) is 0 Å². The number of ketones is 1. The summed E-state index contributed by atoms with van der Waals surface area (Å²) in [4.78, 5) is 14.3. The number of anilines is 1. The summed E-state index contributed by atoms with van der Waals surface area (Å²) >= 11 is 0.